The lowest BCUT2D eigenvalue weighted by atomic mass is 10.2. The van der Waals surface area contributed by atoms with E-state index in [0.717, 1.165) is 17.8 Å². The molecule has 0 saturated carbocycles. The van der Waals surface area contributed by atoms with Crippen LogP contribution in [-0.2, 0) is 16.1 Å². The molecule has 0 aromatic carbocycles. The molecule has 2 amide bonds. The van der Waals surface area contributed by atoms with Crippen LogP contribution in [0.15, 0.2) is 18.2 Å². The highest BCUT2D eigenvalue weighted by atomic mass is 16.6. The second-order valence-corrected chi connectivity index (χ2v) is 6.82. The van der Waals surface area contributed by atoms with Crippen molar-refractivity contribution < 1.29 is 14.3 Å². The lowest BCUT2D eigenvalue weighted by Crippen LogP contribution is -2.47. The van der Waals surface area contributed by atoms with Gasteiger partial charge in [-0.1, -0.05) is 6.07 Å². The Morgan fingerprint density at radius 3 is 2.78 bits per heavy atom. The van der Waals surface area contributed by atoms with E-state index in [-0.39, 0.29) is 5.91 Å². The number of nitrogens with one attached hydrogen (secondary N) is 1. The summed E-state index contributed by atoms with van der Waals surface area (Å²) in [7, 11) is 0. The van der Waals surface area contributed by atoms with Crippen LogP contribution < -0.4 is 5.32 Å². The molecule has 0 unspecified atom stereocenters. The summed E-state index contributed by atoms with van der Waals surface area (Å²) in [4.78, 5) is 30.5. The van der Waals surface area contributed by atoms with Gasteiger partial charge in [-0.2, -0.15) is 0 Å². The maximum Gasteiger partial charge on any atom is 0.410 e. The van der Waals surface area contributed by atoms with E-state index < -0.39 is 17.7 Å². The molecule has 1 N–H and O–H groups in total. The van der Waals surface area contributed by atoms with Crippen molar-refractivity contribution in [2.75, 3.05) is 6.54 Å². The largest absolute Gasteiger partial charge is 0.444 e. The van der Waals surface area contributed by atoms with E-state index in [2.05, 4.69) is 10.3 Å². The molecule has 1 aromatic rings. The first-order chi connectivity index (χ1) is 10.8. The fraction of sp³-hybridized carbons (Fsp3) is 0.588. The van der Waals surface area contributed by atoms with E-state index in [1.807, 2.05) is 45.9 Å². The van der Waals surface area contributed by atoms with Crippen LogP contribution >= 0.6 is 0 Å². The number of rotatable bonds is 3. The molecule has 1 fully saturated rings. The van der Waals surface area contributed by atoms with Gasteiger partial charge in [-0.25, -0.2) is 4.79 Å². The number of carbonyl (C=O) groups excluding carboxylic acids is 2. The van der Waals surface area contributed by atoms with Crippen molar-refractivity contribution in [3.8, 4) is 0 Å². The van der Waals surface area contributed by atoms with Gasteiger partial charge in [-0.3, -0.25) is 14.7 Å². The third-order valence-electron chi connectivity index (χ3n) is 3.57. The van der Waals surface area contributed by atoms with Crippen molar-refractivity contribution in [1.82, 2.24) is 15.2 Å². The van der Waals surface area contributed by atoms with Crippen molar-refractivity contribution in [3.63, 3.8) is 0 Å². The molecular weight excluding hydrogens is 294 g/mol. The molecule has 1 aromatic heterocycles. The molecule has 0 bridgehead atoms. The monoisotopic (exact) mass is 319 g/mol. The Balaban J connectivity index is 1.94. The van der Waals surface area contributed by atoms with Gasteiger partial charge in [0, 0.05) is 12.2 Å². The smallest absolute Gasteiger partial charge is 0.410 e. The summed E-state index contributed by atoms with van der Waals surface area (Å²) in [6, 6.07) is 5.22. The maximum absolute atomic E-state index is 12.4. The first-order valence-corrected chi connectivity index (χ1v) is 7.96. The van der Waals surface area contributed by atoms with E-state index in [1.165, 1.54) is 4.90 Å². The van der Waals surface area contributed by atoms with E-state index in [4.69, 9.17) is 4.74 Å². The average molecular weight is 319 g/mol. The van der Waals surface area contributed by atoms with Gasteiger partial charge >= 0.3 is 6.09 Å². The molecule has 1 atom stereocenters. The Morgan fingerprint density at radius 1 is 1.39 bits per heavy atom. The fourth-order valence-corrected chi connectivity index (χ4v) is 2.57. The number of amides is 2. The summed E-state index contributed by atoms with van der Waals surface area (Å²) in [5, 5.41) is 2.86. The first-order valence-electron chi connectivity index (χ1n) is 7.96. The number of aryl methyl sites for hydroxylation is 1. The molecular formula is C17H25N3O3. The third-order valence-corrected chi connectivity index (χ3v) is 3.57. The molecule has 23 heavy (non-hydrogen) atoms. The Hall–Kier alpha value is -2.11. The van der Waals surface area contributed by atoms with Crippen LogP contribution in [0.25, 0.3) is 0 Å². The van der Waals surface area contributed by atoms with Crippen LogP contribution in [0.2, 0.25) is 0 Å². The lowest BCUT2D eigenvalue weighted by molar-refractivity contribution is -0.125. The maximum atomic E-state index is 12.4. The van der Waals surface area contributed by atoms with Crippen molar-refractivity contribution in [1.29, 1.82) is 0 Å². The predicted molar refractivity (Wildman–Crippen MR) is 86.8 cm³/mol. The van der Waals surface area contributed by atoms with Gasteiger partial charge in [0.1, 0.15) is 11.6 Å². The van der Waals surface area contributed by atoms with Crippen molar-refractivity contribution in [2.24, 2.45) is 0 Å². The quantitative estimate of drug-likeness (QED) is 0.928. The molecule has 0 aliphatic carbocycles. The zero-order valence-corrected chi connectivity index (χ0v) is 14.3. The normalized spacial score (nSPS) is 17.9. The average Bonchev–Trinajstić information content (AvgIpc) is 2.92. The van der Waals surface area contributed by atoms with E-state index in [0.29, 0.717) is 19.5 Å². The first kappa shape index (κ1) is 17.2. The van der Waals surface area contributed by atoms with Gasteiger partial charge < -0.3 is 10.1 Å². The highest BCUT2D eigenvalue weighted by Crippen LogP contribution is 2.21. The summed E-state index contributed by atoms with van der Waals surface area (Å²) in [6.07, 6.45) is 1.04. The van der Waals surface area contributed by atoms with Crippen molar-refractivity contribution in [3.05, 3.63) is 29.6 Å². The Morgan fingerprint density at radius 2 is 2.13 bits per heavy atom. The molecule has 0 radical (unpaired) electrons. The molecule has 2 heterocycles. The summed E-state index contributed by atoms with van der Waals surface area (Å²) in [6.45, 7) is 8.28. The van der Waals surface area contributed by atoms with Crippen molar-refractivity contribution in [2.45, 2.75) is 58.7 Å². The minimum atomic E-state index is -0.563. The Bertz CT molecular complexity index is 581. The van der Waals surface area contributed by atoms with Crippen LogP contribution in [0.1, 0.15) is 45.0 Å². The van der Waals surface area contributed by atoms with E-state index >= 15 is 0 Å². The zero-order chi connectivity index (χ0) is 17.0. The van der Waals surface area contributed by atoms with Crippen LogP contribution in [0, 0.1) is 6.92 Å². The predicted octanol–water partition coefficient (Wildman–Crippen LogP) is 2.41. The molecule has 6 heteroatoms. The highest BCUT2D eigenvalue weighted by Gasteiger charge is 2.36. The minimum Gasteiger partial charge on any atom is -0.444 e. The molecule has 1 aliphatic heterocycles. The number of hydrogen-bond acceptors (Lipinski definition) is 4. The Labute approximate surface area is 137 Å². The SMILES string of the molecule is Cc1cccc(CNC(=O)[C@@H]2CCCN2C(=O)OC(C)(C)C)n1. The molecule has 6 nitrogen and oxygen atoms in total. The topological polar surface area (TPSA) is 71.5 Å². The number of ether oxygens (including phenoxy) is 1. The minimum absolute atomic E-state index is 0.156. The number of pyridine rings is 1. The van der Waals surface area contributed by atoms with Crippen LogP contribution in [0.3, 0.4) is 0 Å². The van der Waals surface area contributed by atoms with Gasteiger partial charge in [-0.15, -0.1) is 0 Å². The molecule has 2 rings (SSSR count). The summed E-state index contributed by atoms with van der Waals surface area (Å²) >= 11 is 0. The summed E-state index contributed by atoms with van der Waals surface area (Å²) in [5.74, 6) is -0.156. The second-order valence-electron chi connectivity index (χ2n) is 6.82. The number of hydrogen-bond donors (Lipinski definition) is 1. The summed E-state index contributed by atoms with van der Waals surface area (Å²) in [5.41, 5.74) is 1.15. The molecule has 0 spiro atoms. The second kappa shape index (κ2) is 6.98. The number of carbonyl (C=O) groups is 2. The standard InChI is InChI=1S/C17H25N3O3/c1-12-7-5-8-13(19-12)11-18-15(21)14-9-6-10-20(14)16(22)23-17(2,3)4/h5,7-8,14H,6,9-11H2,1-4H3,(H,18,21)/t14-/m0/s1. The molecule has 126 valence electrons. The lowest BCUT2D eigenvalue weighted by Gasteiger charge is -2.28. The molecule has 1 aliphatic rings. The van der Waals surface area contributed by atoms with Crippen LogP contribution in [0.5, 0.6) is 0 Å². The molecule has 1 saturated heterocycles. The van der Waals surface area contributed by atoms with Crippen LogP contribution in [-0.4, -0.2) is 40.1 Å². The number of aromatic nitrogens is 1. The fourth-order valence-electron chi connectivity index (χ4n) is 2.57. The van der Waals surface area contributed by atoms with E-state index in [1.54, 1.807) is 0 Å². The highest BCUT2D eigenvalue weighted by molar-refractivity contribution is 5.86. The van der Waals surface area contributed by atoms with Gasteiger partial charge in [0.25, 0.3) is 0 Å². The van der Waals surface area contributed by atoms with Gasteiger partial charge in [0.15, 0.2) is 0 Å². The van der Waals surface area contributed by atoms with Gasteiger partial charge in [0.2, 0.25) is 5.91 Å². The summed E-state index contributed by atoms with van der Waals surface area (Å²) < 4.78 is 5.38. The zero-order valence-electron chi connectivity index (χ0n) is 14.3. The number of likely N-dealkylation sites (tertiary alicyclic amines) is 1. The van der Waals surface area contributed by atoms with Crippen LogP contribution in [0.4, 0.5) is 4.79 Å². The Kier molecular flexibility index (Phi) is 5.23. The third kappa shape index (κ3) is 4.94. The van der Waals surface area contributed by atoms with Gasteiger partial charge in [0.05, 0.1) is 12.2 Å². The van der Waals surface area contributed by atoms with Gasteiger partial charge in [-0.05, 0) is 52.7 Å². The van der Waals surface area contributed by atoms with E-state index in [9.17, 15) is 9.59 Å². The van der Waals surface area contributed by atoms with Crippen molar-refractivity contribution >= 4 is 12.0 Å². The number of nitrogens with zero attached hydrogens (tertiary/aromatic N) is 2.